The molecule has 0 spiro atoms. The van der Waals surface area contributed by atoms with Gasteiger partial charge in [0.2, 0.25) is 5.91 Å². The van der Waals surface area contributed by atoms with Crippen LogP contribution >= 0.6 is 0 Å². The van der Waals surface area contributed by atoms with E-state index in [0.29, 0.717) is 36.3 Å². The van der Waals surface area contributed by atoms with Crippen LogP contribution in [0, 0.1) is 0 Å². The maximum atomic E-state index is 13.4. The van der Waals surface area contributed by atoms with Crippen molar-refractivity contribution in [2.75, 3.05) is 6.61 Å². The minimum Gasteiger partial charge on any atom is -0.494 e. The lowest BCUT2D eigenvalue weighted by atomic mass is 9.94. The molecule has 3 N–H and O–H groups in total. The quantitative estimate of drug-likeness (QED) is 0.666. The van der Waals surface area contributed by atoms with Crippen LogP contribution in [0.4, 0.5) is 0 Å². The van der Waals surface area contributed by atoms with Gasteiger partial charge in [0.25, 0.3) is 5.91 Å². The van der Waals surface area contributed by atoms with Crippen LogP contribution in [-0.2, 0) is 11.3 Å². The molecule has 8 heteroatoms. The van der Waals surface area contributed by atoms with Crippen molar-refractivity contribution in [1.82, 2.24) is 10.2 Å². The number of carbonyl (C=O) groups excluding carboxylic acids is 2. The maximum absolute atomic E-state index is 13.4. The highest BCUT2D eigenvalue weighted by Gasteiger charge is 2.30. The van der Waals surface area contributed by atoms with E-state index >= 15 is 0 Å². The molecule has 36 heavy (non-hydrogen) atoms. The predicted octanol–water partition coefficient (Wildman–Crippen LogP) is 3.95. The standard InChI is InChI=1S/C28H32N4O4/c1-3-35-24-11-9-19-14-20(24)16-32-26(33)15-21(30-28(32)29)7-5-4-6-18-8-10-25-22(13-18)23(31-27(19)34)12-17(2)36-25/h4,6,8-11,13-14,17,21,23H,3,5,7,12,15-16H2,1-2H3,(H2,29,30)(H,31,34)/b6-4+. The number of nitrogens with zero attached hydrogens (tertiary/aromatic N) is 2. The van der Waals surface area contributed by atoms with Crippen molar-refractivity contribution >= 4 is 23.8 Å². The Morgan fingerprint density at radius 1 is 1.22 bits per heavy atom. The fourth-order valence-corrected chi connectivity index (χ4v) is 5.05. The molecule has 4 heterocycles. The van der Waals surface area contributed by atoms with Gasteiger partial charge in [0.1, 0.15) is 11.5 Å². The number of ether oxygens (including phenoxy) is 2. The van der Waals surface area contributed by atoms with Gasteiger partial charge >= 0.3 is 0 Å². The van der Waals surface area contributed by atoms with Gasteiger partial charge in [-0.1, -0.05) is 18.2 Å². The number of fused-ring (bicyclic) bond motifs is 4. The van der Waals surface area contributed by atoms with Gasteiger partial charge in [-0.2, -0.15) is 0 Å². The maximum Gasteiger partial charge on any atom is 0.251 e. The molecule has 0 radical (unpaired) electrons. The molecule has 2 aromatic rings. The summed E-state index contributed by atoms with van der Waals surface area (Å²) in [7, 11) is 0. The van der Waals surface area contributed by atoms with Crippen LogP contribution in [0.2, 0.25) is 0 Å². The van der Waals surface area contributed by atoms with E-state index in [1.807, 2.05) is 26.0 Å². The average molecular weight is 489 g/mol. The Bertz CT molecular complexity index is 1240. The summed E-state index contributed by atoms with van der Waals surface area (Å²) in [5.74, 6) is 1.34. The minimum atomic E-state index is -0.196. The number of nitrogens with one attached hydrogen (secondary N) is 1. The van der Waals surface area contributed by atoms with Gasteiger partial charge in [0, 0.05) is 29.5 Å². The summed E-state index contributed by atoms with van der Waals surface area (Å²) in [6.07, 6.45) is 6.61. The Balaban J connectivity index is 1.56. The SMILES string of the molecule is CCOc1ccc2cc1CN1C(=O)CC(CC/C=C/c3ccc4c(c3)C(CC(C)O4)NC2=O)N=C1N. The Morgan fingerprint density at radius 2 is 2.08 bits per heavy atom. The van der Waals surface area contributed by atoms with Gasteiger partial charge in [-0.15, -0.1) is 0 Å². The van der Waals surface area contributed by atoms with E-state index in [1.54, 1.807) is 18.2 Å². The normalized spacial score (nSPS) is 24.7. The molecular weight excluding hydrogens is 456 g/mol. The summed E-state index contributed by atoms with van der Waals surface area (Å²) in [6, 6.07) is 11.0. The van der Waals surface area contributed by atoms with Crippen molar-refractivity contribution in [2.24, 2.45) is 10.7 Å². The smallest absolute Gasteiger partial charge is 0.251 e. The van der Waals surface area contributed by atoms with Crippen LogP contribution < -0.4 is 20.5 Å². The molecule has 0 saturated carbocycles. The van der Waals surface area contributed by atoms with E-state index in [2.05, 4.69) is 28.5 Å². The van der Waals surface area contributed by atoms with Crippen molar-refractivity contribution in [1.29, 1.82) is 0 Å². The number of nitrogens with two attached hydrogens (primary N) is 1. The first-order valence-corrected chi connectivity index (χ1v) is 12.6. The monoisotopic (exact) mass is 488 g/mol. The molecule has 2 aromatic carbocycles. The Kier molecular flexibility index (Phi) is 6.67. The Labute approximate surface area is 211 Å². The van der Waals surface area contributed by atoms with Gasteiger partial charge < -0.3 is 20.5 Å². The summed E-state index contributed by atoms with van der Waals surface area (Å²) < 4.78 is 11.8. The number of carbonyl (C=O) groups is 2. The number of hydrogen-bond donors (Lipinski definition) is 2. The van der Waals surface area contributed by atoms with Gasteiger partial charge in [-0.3, -0.25) is 14.5 Å². The number of guanidine groups is 1. The van der Waals surface area contributed by atoms with Gasteiger partial charge in [-0.05, 0) is 62.6 Å². The van der Waals surface area contributed by atoms with E-state index in [-0.39, 0.29) is 42.5 Å². The Hall–Kier alpha value is -3.81. The highest BCUT2D eigenvalue weighted by Crippen LogP contribution is 2.36. The zero-order chi connectivity index (χ0) is 25.2. The number of allylic oxidation sites excluding steroid dienone is 1. The van der Waals surface area contributed by atoms with Gasteiger partial charge in [0.05, 0.1) is 31.3 Å². The summed E-state index contributed by atoms with van der Waals surface area (Å²) in [5.41, 5.74) is 9.44. The lowest BCUT2D eigenvalue weighted by molar-refractivity contribution is -0.128. The summed E-state index contributed by atoms with van der Waals surface area (Å²) >= 11 is 0. The zero-order valence-corrected chi connectivity index (χ0v) is 20.7. The third kappa shape index (κ3) is 4.94. The molecule has 6 rings (SSSR count). The van der Waals surface area contributed by atoms with Crippen LogP contribution in [0.15, 0.2) is 47.5 Å². The van der Waals surface area contributed by atoms with Crippen molar-refractivity contribution < 1.29 is 19.1 Å². The van der Waals surface area contributed by atoms with E-state index in [9.17, 15) is 9.59 Å². The molecule has 0 fully saturated rings. The topological polar surface area (TPSA) is 106 Å². The average Bonchev–Trinajstić information content (AvgIpc) is 2.84. The second-order valence-electron chi connectivity index (χ2n) is 9.55. The molecule has 4 aliphatic rings. The third-order valence-corrected chi connectivity index (χ3v) is 6.84. The fraction of sp³-hybridized carbons (Fsp3) is 0.393. The molecule has 8 nitrogen and oxygen atoms in total. The number of amides is 2. The summed E-state index contributed by atoms with van der Waals surface area (Å²) in [6.45, 7) is 4.56. The molecule has 0 aromatic heterocycles. The molecule has 6 bridgehead atoms. The lowest BCUT2D eigenvalue weighted by Gasteiger charge is -2.31. The molecule has 4 aliphatic heterocycles. The first-order chi connectivity index (χ1) is 17.4. The van der Waals surface area contributed by atoms with Crippen LogP contribution in [0.1, 0.15) is 72.6 Å². The highest BCUT2D eigenvalue weighted by molar-refractivity contribution is 5.99. The number of hydrogen-bond acceptors (Lipinski definition) is 6. The Morgan fingerprint density at radius 3 is 2.89 bits per heavy atom. The van der Waals surface area contributed by atoms with Crippen molar-refractivity contribution in [3.8, 4) is 11.5 Å². The first kappa shape index (κ1) is 23.9. The van der Waals surface area contributed by atoms with Crippen LogP contribution in [0.3, 0.4) is 0 Å². The predicted molar refractivity (Wildman–Crippen MR) is 138 cm³/mol. The van der Waals surface area contributed by atoms with Crippen molar-refractivity contribution in [3.63, 3.8) is 0 Å². The molecular formula is C28H32N4O4. The summed E-state index contributed by atoms with van der Waals surface area (Å²) in [5, 5.41) is 3.20. The van der Waals surface area contributed by atoms with E-state index in [1.165, 1.54) is 4.90 Å². The molecule has 3 unspecified atom stereocenters. The zero-order valence-electron chi connectivity index (χ0n) is 20.7. The van der Waals surface area contributed by atoms with Gasteiger partial charge in [-0.25, -0.2) is 4.99 Å². The number of aliphatic imine (C=N–C) groups is 1. The molecule has 188 valence electrons. The van der Waals surface area contributed by atoms with Crippen LogP contribution in [0.25, 0.3) is 6.08 Å². The number of rotatable bonds is 2. The highest BCUT2D eigenvalue weighted by atomic mass is 16.5. The second kappa shape index (κ2) is 10.0. The lowest BCUT2D eigenvalue weighted by Crippen LogP contribution is -2.46. The van der Waals surface area contributed by atoms with E-state index < -0.39 is 0 Å². The van der Waals surface area contributed by atoms with E-state index in [0.717, 1.165) is 29.7 Å². The second-order valence-corrected chi connectivity index (χ2v) is 9.55. The van der Waals surface area contributed by atoms with Crippen molar-refractivity contribution in [2.45, 2.75) is 64.3 Å². The molecule has 0 saturated heterocycles. The largest absolute Gasteiger partial charge is 0.494 e. The molecule has 3 atom stereocenters. The third-order valence-electron chi connectivity index (χ3n) is 6.84. The van der Waals surface area contributed by atoms with E-state index in [4.69, 9.17) is 15.2 Å². The van der Waals surface area contributed by atoms with Crippen LogP contribution in [-0.4, -0.2) is 41.4 Å². The molecule has 2 amide bonds. The van der Waals surface area contributed by atoms with Gasteiger partial charge in [0.15, 0.2) is 5.96 Å². The first-order valence-electron chi connectivity index (χ1n) is 12.6. The summed E-state index contributed by atoms with van der Waals surface area (Å²) in [4.78, 5) is 32.5. The minimum absolute atomic E-state index is 0.0189. The fourth-order valence-electron chi connectivity index (χ4n) is 5.05. The number of benzene rings is 2. The van der Waals surface area contributed by atoms with Crippen LogP contribution in [0.5, 0.6) is 11.5 Å². The van der Waals surface area contributed by atoms with Crippen molar-refractivity contribution in [3.05, 3.63) is 64.7 Å². The molecule has 0 aliphatic carbocycles.